The average Bonchev–Trinajstić information content (AvgIpc) is 2.86. The Morgan fingerprint density at radius 3 is 2.90 bits per heavy atom. The predicted molar refractivity (Wildman–Crippen MR) is 85.2 cm³/mol. The van der Waals surface area contributed by atoms with E-state index in [1.54, 1.807) is 12.1 Å². The number of hydrogen-bond acceptors (Lipinski definition) is 2. The smallest absolute Gasteiger partial charge is 0.127 e. The highest BCUT2D eigenvalue weighted by Gasteiger charge is 2.19. The summed E-state index contributed by atoms with van der Waals surface area (Å²) >= 11 is 3.43. The van der Waals surface area contributed by atoms with Gasteiger partial charge in [0.2, 0.25) is 0 Å². The second-order valence-corrected chi connectivity index (χ2v) is 7.03. The molecule has 0 aromatic heterocycles. The van der Waals surface area contributed by atoms with Gasteiger partial charge < -0.3 is 5.32 Å². The summed E-state index contributed by atoms with van der Waals surface area (Å²) in [5.41, 5.74) is 0.776. The van der Waals surface area contributed by atoms with Crippen LogP contribution in [0.2, 0.25) is 0 Å². The SMILES string of the molecule is CC(C)CN(Cc1cc(Br)ccc1F)CC1CCCN1. The molecule has 2 rings (SSSR count). The van der Waals surface area contributed by atoms with Crippen molar-refractivity contribution in [2.75, 3.05) is 19.6 Å². The minimum Gasteiger partial charge on any atom is -0.313 e. The van der Waals surface area contributed by atoms with E-state index >= 15 is 0 Å². The van der Waals surface area contributed by atoms with Crippen molar-refractivity contribution in [1.82, 2.24) is 10.2 Å². The van der Waals surface area contributed by atoms with Crippen LogP contribution in [0.4, 0.5) is 4.39 Å². The molecule has 0 radical (unpaired) electrons. The molecule has 1 aliphatic rings. The molecule has 0 bridgehead atoms. The number of halogens is 2. The summed E-state index contributed by atoms with van der Waals surface area (Å²) in [6.45, 7) is 8.24. The third-order valence-electron chi connectivity index (χ3n) is 3.67. The maximum atomic E-state index is 13.9. The summed E-state index contributed by atoms with van der Waals surface area (Å²) in [5, 5.41) is 3.53. The second-order valence-electron chi connectivity index (χ2n) is 6.12. The lowest BCUT2D eigenvalue weighted by atomic mass is 10.1. The van der Waals surface area contributed by atoms with E-state index < -0.39 is 0 Å². The highest BCUT2D eigenvalue weighted by Crippen LogP contribution is 2.19. The molecule has 1 aliphatic heterocycles. The lowest BCUT2D eigenvalue weighted by Gasteiger charge is -2.27. The fraction of sp³-hybridized carbons (Fsp3) is 0.625. The van der Waals surface area contributed by atoms with E-state index in [4.69, 9.17) is 0 Å². The van der Waals surface area contributed by atoms with Gasteiger partial charge in [-0.05, 0) is 43.5 Å². The average molecular weight is 343 g/mol. The van der Waals surface area contributed by atoms with Gasteiger partial charge in [0.1, 0.15) is 5.82 Å². The Morgan fingerprint density at radius 1 is 1.45 bits per heavy atom. The lowest BCUT2D eigenvalue weighted by molar-refractivity contribution is 0.213. The van der Waals surface area contributed by atoms with Crippen molar-refractivity contribution in [3.63, 3.8) is 0 Å². The van der Waals surface area contributed by atoms with E-state index in [2.05, 4.69) is 40.0 Å². The fourth-order valence-corrected chi connectivity index (χ4v) is 3.26. The van der Waals surface area contributed by atoms with E-state index in [1.807, 2.05) is 6.07 Å². The number of nitrogens with zero attached hydrogens (tertiary/aromatic N) is 1. The molecule has 1 fully saturated rings. The van der Waals surface area contributed by atoms with Gasteiger partial charge in [0.05, 0.1) is 0 Å². The van der Waals surface area contributed by atoms with Gasteiger partial charge in [0.15, 0.2) is 0 Å². The summed E-state index contributed by atoms with van der Waals surface area (Å²) in [7, 11) is 0. The molecule has 0 aliphatic carbocycles. The van der Waals surface area contributed by atoms with E-state index in [-0.39, 0.29) is 5.82 Å². The summed E-state index contributed by atoms with van der Waals surface area (Å²) in [4.78, 5) is 2.37. The Balaban J connectivity index is 2.03. The van der Waals surface area contributed by atoms with Crippen LogP contribution in [-0.4, -0.2) is 30.6 Å². The quantitative estimate of drug-likeness (QED) is 0.845. The van der Waals surface area contributed by atoms with Gasteiger partial charge in [-0.1, -0.05) is 29.8 Å². The van der Waals surface area contributed by atoms with Crippen LogP contribution in [-0.2, 0) is 6.54 Å². The van der Waals surface area contributed by atoms with Crippen LogP contribution in [0.25, 0.3) is 0 Å². The highest BCUT2D eigenvalue weighted by molar-refractivity contribution is 9.10. The monoisotopic (exact) mass is 342 g/mol. The molecule has 1 heterocycles. The van der Waals surface area contributed by atoms with Crippen LogP contribution in [0.3, 0.4) is 0 Å². The number of hydrogen-bond donors (Lipinski definition) is 1. The molecule has 1 aromatic rings. The van der Waals surface area contributed by atoms with Gasteiger partial charge in [-0.25, -0.2) is 4.39 Å². The van der Waals surface area contributed by atoms with Crippen molar-refractivity contribution in [1.29, 1.82) is 0 Å². The molecule has 20 heavy (non-hydrogen) atoms. The molecule has 0 spiro atoms. The van der Waals surface area contributed by atoms with E-state index in [1.165, 1.54) is 12.8 Å². The number of nitrogens with one attached hydrogen (secondary N) is 1. The van der Waals surface area contributed by atoms with Crippen molar-refractivity contribution in [3.05, 3.63) is 34.1 Å². The van der Waals surface area contributed by atoms with Crippen molar-refractivity contribution in [2.24, 2.45) is 5.92 Å². The standard InChI is InChI=1S/C16H24BrFN2/c1-12(2)9-20(11-15-4-3-7-19-15)10-13-8-14(17)5-6-16(13)18/h5-6,8,12,15,19H,3-4,7,9-11H2,1-2H3. The molecule has 1 unspecified atom stereocenters. The molecule has 1 saturated heterocycles. The van der Waals surface area contributed by atoms with Crippen LogP contribution < -0.4 is 5.32 Å². The third kappa shape index (κ3) is 4.83. The number of rotatable bonds is 6. The Labute approximate surface area is 129 Å². The predicted octanol–water partition coefficient (Wildman–Crippen LogP) is 3.80. The molecule has 1 atom stereocenters. The van der Waals surface area contributed by atoms with Gasteiger partial charge in [-0.3, -0.25) is 4.90 Å². The third-order valence-corrected chi connectivity index (χ3v) is 4.16. The van der Waals surface area contributed by atoms with Crippen molar-refractivity contribution < 1.29 is 4.39 Å². The minimum atomic E-state index is -0.110. The summed E-state index contributed by atoms with van der Waals surface area (Å²) in [6, 6.07) is 5.75. The molecule has 0 saturated carbocycles. The molecule has 1 N–H and O–H groups in total. The maximum absolute atomic E-state index is 13.9. The van der Waals surface area contributed by atoms with Gasteiger partial charge in [-0.15, -0.1) is 0 Å². The van der Waals surface area contributed by atoms with E-state index in [0.717, 1.165) is 29.7 Å². The summed E-state index contributed by atoms with van der Waals surface area (Å²) in [6.07, 6.45) is 2.49. The topological polar surface area (TPSA) is 15.3 Å². The van der Waals surface area contributed by atoms with Crippen LogP contribution in [0.15, 0.2) is 22.7 Å². The van der Waals surface area contributed by atoms with E-state index in [0.29, 0.717) is 18.5 Å². The number of benzene rings is 1. The van der Waals surface area contributed by atoms with Crippen LogP contribution in [0.1, 0.15) is 32.3 Å². The first-order chi connectivity index (χ1) is 9.54. The van der Waals surface area contributed by atoms with Crippen LogP contribution in [0, 0.1) is 11.7 Å². The van der Waals surface area contributed by atoms with Crippen molar-refractivity contribution in [2.45, 2.75) is 39.3 Å². The normalized spacial score (nSPS) is 19.2. The van der Waals surface area contributed by atoms with Crippen LogP contribution in [0.5, 0.6) is 0 Å². The summed E-state index contributed by atoms with van der Waals surface area (Å²) < 4.78 is 14.9. The largest absolute Gasteiger partial charge is 0.313 e. The molecule has 0 amide bonds. The first kappa shape index (κ1) is 15.9. The Hall–Kier alpha value is -0.450. The molecule has 1 aromatic carbocycles. The van der Waals surface area contributed by atoms with Crippen molar-refractivity contribution in [3.8, 4) is 0 Å². The molecular formula is C16H24BrFN2. The molecule has 4 heteroatoms. The second kappa shape index (κ2) is 7.53. The van der Waals surface area contributed by atoms with E-state index in [9.17, 15) is 4.39 Å². The first-order valence-electron chi connectivity index (χ1n) is 7.44. The Kier molecular flexibility index (Phi) is 6.00. The summed E-state index contributed by atoms with van der Waals surface area (Å²) in [5.74, 6) is 0.480. The molecule has 112 valence electrons. The molecule has 2 nitrogen and oxygen atoms in total. The van der Waals surface area contributed by atoms with Gasteiger partial charge in [0.25, 0.3) is 0 Å². The van der Waals surface area contributed by atoms with Gasteiger partial charge in [0, 0.05) is 35.7 Å². The highest BCUT2D eigenvalue weighted by atomic mass is 79.9. The first-order valence-corrected chi connectivity index (χ1v) is 8.23. The van der Waals surface area contributed by atoms with Gasteiger partial charge >= 0.3 is 0 Å². The lowest BCUT2D eigenvalue weighted by Crippen LogP contribution is -2.39. The zero-order valence-corrected chi connectivity index (χ0v) is 13.9. The zero-order chi connectivity index (χ0) is 14.5. The van der Waals surface area contributed by atoms with Crippen LogP contribution >= 0.6 is 15.9 Å². The van der Waals surface area contributed by atoms with Gasteiger partial charge in [-0.2, -0.15) is 0 Å². The maximum Gasteiger partial charge on any atom is 0.127 e. The fourth-order valence-electron chi connectivity index (χ4n) is 2.85. The minimum absolute atomic E-state index is 0.110. The zero-order valence-electron chi connectivity index (χ0n) is 12.3. The van der Waals surface area contributed by atoms with Crippen molar-refractivity contribution >= 4 is 15.9 Å². The molecular weight excluding hydrogens is 319 g/mol. The Morgan fingerprint density at radius 2 is 2.25 bits per heavy atom. The Bertz CT molecular complexity index is 430.